The van der Waals surface area contributed by atoms with Gasteiger partial charge in [0.15, 0.2) is 0 Å². The first-order valence-corrected chi connectivity index (χ1v) is 4.80. The van der Waals surface area contributed by atoms with Crippen LogP contribution >= 0.6 is 15.9 Å². The maximum atomic E-state index is 5.18. The molecular weight excluding hydrogens is 230 g/mol. The summed E-state index contributed by atoms with van der Waals surface area (Å²) in [6.45, 7) is 0. The predicted octanol–water partition coefficient (Wildman–Crippen LogP) is 2.95. The van der Waals surface area contributed by atoms with Crippen molar-refractivity contribution in [1.82, 2.24) is 4.57 Å². The molecule has 2 aromatic rings. The van der Waals surface area contributed by atoms with E-state index >= 15 is 0 Å². The number of hydrogen-bond donors (Lipinski definition) is 0. The zero-order chi connectivity index (χ0) is 9.42. The minimum Gasteiger partial charge on any atom is -0.497 e. The zero-order valence-electron chi connectivity index (χ0n) is 7.54. The van der Waals surface area contributed by atoms with Crippen molar-refractivity contribution in [2.45, 2.75) is 0 Å². The Kier molecular flexibility index (Phi) is 2.04. The minimum atomic E-state index is 0.876. The maximum Gasteiger partial charge on any atom is 0.122 e. The molecule has 0 atom stereocenters. The van der Waals surface area contributed by atoms with Gasteiger partial charge in [0.05, 0.1) is 12.6 Å². The number of ether oxygens (including phenoxy) is 1. The van der Waals surface area contributed by atoms with Crippen LogP contribution < -0.4 is 4.74 Å². The summed E-state index contributed by atoms with van der Waals surface area (Å²) in [7, 11) is 3.70. The van der Waals surface area contributed by atoms with Gasteiger partial charge >= 0.3 is 0 Å². The number of nitrogens with zero attached hydrogens (tertiary/aromatic N) is 1. The van der Waals surface area contributed by atoms with Crippen LogP contribution in [-0.4, -0.2) is 11.7 Å². The molecule has 0 fully saturated rings. The number of benzene rings is 1. The average molecular weight is 240 g/mol. The van der Waals surface area contributed by atoms with Crippen LogP contribution in [0.25, 0.3) is 10.9 Å². The maximum absolute atomic E-state index is 5.18. The summed E-state index contributed by atoms with van der Waals surface area (Å²) in [5.74, 6) is 0.876. The first kappa shape index (κ1) is 8.63. The number of rotatable bonds is 1. The second-order valence-electron chi connectivity index (χ2n) is 2.97. The lowest BCUT2D eigenvalue weighted by Gasteiger charge is -2.03. The second-order valence-corrected chi connectivity index (χ2v) is 3.82. The van der Waals surface area contributed by atoms with E-state index in [0.29, 0.717) is 0 Å². The van der Waals surface area contributed by atoms with Gasteiger partial charge in [0, 0.05) is 29.2 Å². The predicted molar refractivity (Wildman–Crippen MR) is 57.2 cm³/mol. The van der Waals surface area contributed by atoms with Crippen molar-refractivity contribution in [3.05, 3.63) is 28.9 Å². The van der Waals surface area contributed by atoms with Crippen molar-refractivity contribution in [3.8, 4) is 5.75 Å². The molecular formula is C10H10BrNO. The van der Waals surface area contributed by atoms with E-state index in [1.54, 1.807) is 7.11 Å². The normalized spacial score (nSPS) is 10.7. The van der Waals surface area contributed by atoms with Crippen molar-refractivity contribution in [2.75, 3.05) is 7.11 Å². The molecule has 2 nitrogen and oxygen atoms in total. The summed E-state index contributed by atoms with van der Waals surface area (Å²) in [6, 6.07) is 6.08. The fourth-order valence-electron chi connectivity index (χ4n) is 1.42. The van der Waals surface area contributed by atoms with Gasteiger partial charge in [-0.05, 0) is 28.1 Å². The molecule has 1 aromatic heterocycles. The average Bonchev–Trinajstić information content (AvgIpc) is 2.48. The van der Waals surface area contributed by atoms with Gasteiger partial charge in [0.1, 0.15) is 5.75 Å². The van der Waals surface area contributed by atoms with Gasteiger partial charge in [-0.3, -0.25) is 0 Å². The van der Waals surface area contributed by atoms with E-state index in [2.05, 4.69) is 26.6 Å². The Bertz CT molecular complexity index is 447. The molecule has 1 heterocycles. The van der Waals surface area contributed by atoms with Crippen LogP contribution in [0.2, 0.25) is 0 Å². The van der Waals surface area contributed by atoms with Gasteiger partial charge in [0.2, 0.25) is 0 Å². The fourth-order valence-corrected chi connectivity index (χ4v) is 1.98. The number of aryl methyl sites for hydroxylation is 1. The third-order valence-electron chi connectivity index (χ3n) is 2.16. The van der Waals surface area contributed by atoms with Crippen molar-refractivity contribution in [1.29, 1.82) is 0 Å². The lowest BCUT2D eigenvalue weighted by molar-refractivity contribution is 0.415. The van der Waals surface area contributed by atoms with Crippen molar-refractivity contribution >= 4 is 26.8 Å². The molecule has 1 aromatic carbocycles. The van der Waals surface area contributed by atoms with E-state index in [1.165, 1.54) is 10.9 Å². The molecule has 0 bridgehead atoms. The summed E-state index contributed by atoms with van der Waals surface area (Å²) in [5, 5.41) is 1.21. The highest BCUT2D eigenvalue weighted by atomic mass is 79.9. The molecule has 0 aliphatic carbocycles. The van der Waals surface area contributed by atoms with Gasteiger partial charge in [-0.15, -0.1) is 0 Å². The van der Waals surface area contributed by atoms with Crippen LogP contribution in [0, 0.1) is 0 Å². The summed E-state index contributed by atoms with van der Waals surface area (Å²) < 4.78 is 8.33. The van der Waals surface area contributed by atoms with Crippen LogP contribution in [0.4, 0.5) is 0 Å². The molecule has 0 saturated heterocycles. The van der Waals surface area contributed by atoms with E-state index < -0.39 is 0 Å². The van der Waals surface area contributed by atoms with E-state index in [0.717, 1.165) is 10.2 Å². The largest absolute Gasteiger partial charge is 0.497 e. The van der Waals surface area contributed by atoms with Crippen LogP contribution in [0.5, 0.6) is 5.75 Å². The molecule has 13 heavy (non-hydrogen) atoms. The fraction of sp³-hybridized carbons (Fsp3) is 0.200. The van der Waals surface area contributed by atoms with E-state index in [1.807, 2.05) is 25.4 Å². The molecule has 0 amide bonds. The van der Waals surface area contributed by atoms with Gasteiger partial charge in [0.25, 0.3) is 0 Å². The monoisotopic (exact) mass is 239 g/mol. The lowest BCUT2D eigenvalue weighted by atomic mass is 10.2. The number of aromatic nitrogens is 1. The van der Waals surface area contributed by atoms with E-state index in [9.17, 15) is 0 Å². The SMILES string of the molecule is COc1cc(Br)c2ccn(C)c2c1. The highest BCUT2D eigenvalue weighted by molar-refractivity contribution is 9.10. The zero-order valence-corrected chi connectivity index (χ0v) is 9.13. The summed E-state index contributed by atoms with van der Waals surface area (Å²) in [5.41, 5.74) is 1.17. The molecule has 0 N–H and O–H groups in total. The number of methoxy groups -OCH3 is 1. The summed E-state index contributed by atoms with van der Waals surface area (Å²) in [6.07, 6.45) is 2.04. The van der Waals surface area contributed by atoms with Gasteiger partial charge < -0.3 is 9.30 Å². The third kappa shape index (κ3) is 1.33. The van der Waals surface area contributed by atoms with Crippen LogP contribution in [0.15, 0.2) is 28.9 Å². The minimum absolute atomic E-state index is 0.876. The van der Waals surface area contributed by atoms with Gasteiger partial charge in [-0.2, -0.15) is 0 Å². The van der Waals surface area contributed by atoms with Gasteiger partial charge in [-0.1, -0.05) is 0 Å². The van der Waals surface area contributed by atoms with Crippen LogP contribution in [0.3, 0.4) is 0 Å². The van der Waals surface area contributed by atoms with Crippen LogP contribution in [0.1, 0.15) is 0 Å². The first-order chi connectivity index (χ1) is 6.22. The molecule has 0 spiro atoms. The smallest absolute Gasteiger partial charge is 0.122 e. The molecule has 0 aliphatic heterocycles. The highest BCUT2D eigenvalue weighted by Crippen LogP contribution is 2.29. The van der Waals surface area contributed by atoms with Crippen LogP contribution in [-0.2, 0) is 7.05 Å². The molecule has 3 heteroatoms. The number of halogens is 1. The molecule has 0 aliphatic rings. The Labute approximate surface area is 85.2 Å². The van der Waals surface area contributed by atoms with E-state index in [4.69, 9.17) is 4.74 Å². The van der Waals surface area contributed by atoms with Gasteiger partial charge in [-0.25, -0.2) is 0 Å². The topological polar surface area (TPSA) is 14.2 Å². The Hall–Kier alpha value is -0.960. The quantitative estimate of drug-likeness (QED) is 0.747. The highest BCUT2D eigenvalue weighted by Gasteiger charge is 2.04. The Morgan fingerprint density at radius 3 is 2.85 bits per heavy atom. The Balaban J connectivity index is 2.80. The summed E-state index contributed by atoms with van der Waals surface area (Å²) >= 11 is 3.51. The molecule has 0 saturated carbocycles. The molecule has 0 unspecified atom stereocenters. The molecule has 68 valence electrons. The lowest BCUT2D eigenvalue weighted by Crippen LogP contribution is -1.87. The molecule has 0 radical (unpaired) electrons. The Morgan fingerprint density at radius 2 is 2.15 bits per heavy atom. The standard InChI is InChI=1S/C10H10BrNO/c1-12-4-3-8-9(11)5-7(13-2)6-10(8)12/h3-6H,1-2H3. The third-order valence-corrected chi connectivity index (χ3v) is 2.82. The second kappa shape index (κ2) is 3.07. The summed E-state index contributed by atoms with van der Waals surface area (Å²) in [4.78, 5) is 0. The van der Waals surface area contributed by atoms with Crippen molar-refractivity contribution < 1.29 is 4.74 Å². The van der Waals surface area contributed by atoms with Crippen molar-refractivity contribution in [3.63, 3.8) is 0 Å². The number of hydrogen-bond acceptors (Lipinski definition) is 1. The van der Waals surface area contributed by atoms with E-state index in [-0.39, 0.29) is 0 Å². The number of fused-ring (bicyclic) bond motifs is 1. The Morgan fingerprint density at radius 1 is 1.38 bits per heavy atom. The molecule has 2 rings (SSSR count). The van der Waals surface area contributed by atoms with Crippen molar-refractivity contribution in [2.24, 2.45) is 7.05 Å². The first-order valence-electron chi connectivity index (χ1n) is 4.01.